The molecular formula is C64H74N4O. The van der Waals surface area contributed by atoms with E-state index in [-0.39, 0.29) is 33.0 Å². The van der Waals surface area contributed by atoms with E-state index in [0.717, 1.165) is 34.0 Å². The van der Waals surface area contributed by atoms with Crippen LogP contribution in [0.15, 0.2) is 140 Å². The van der Waals surface area contributed by atoms with E-state index in [0.29, 0.717) is 6.67 Å². The van der Waals surface area contributed by atoms with E-state index in [1.54, 1.807) is 0 Å². The first kappa shape index (κ1) is 47.7. The van der Waals surface area contributed by atoms with Crippen molar-refractivity contribution in [2.24, 2.45) is 0 Å². The van der Waals surface area contributed by atoms with Crippen molar-refractivity contribution in [2.75, 3.05) is 16.5 Å². The standard InChI is InChI=1S/C64H74N4O/c1-41(2)42-30-47(36-50(31-42)69-49-26-27-52-51-24-20-21-25-55(51)68(56(52)37-49)59-35-44(28-29-65-59)60(3,4)5)66-40-67(58-39-54(63(12,13)14)53(38-57(58)66)62(9,10)11)48-33-45(61(6,7)8)32-46(34-48)64(15,16)43-22-18-17-19-23-43/h17-39,41H,40H2,1-16H3. The van der Waals surface area contributed by atoms with Crippen LogP contribution in [0.25, 0.3) is 27.6 Å². The summed E-state index contributed by atoms with van der Waals surface area (Å²) in [7, 11) is 0. The molecule has 1 aliphatic rings. The molecule has 0 spiro atoms. The summed E-state index contributed by atoms with van der Waals surface area (Å²) in [6, 6.07) is 49.7. The molecule has 0 radical (unpaired) electrons. The SMILES string of the molecule is CC(C)c1cc(Oc2ccc3c4ccccc4n(-c4cc(C(C)(C)C)ccn4)c3c2)cc(N2CN(c3cc(C(C)(C)C)cc(C(C)(C)c4ccccc4)c3)c3cc(C(C)(C)C)c(C(C)(C)C)cc32)c1. The Morgan fingerprint density at radius 1 is 0.464 bits per heavy atom. The molecule has 2 aromatic heterocycles. The Hall–Kier alpha value is -6.33. The van der Waals surface area contributed by atoms with Crippen LogP contribution in [0, 0.1) is 0 Å². The molecule has 9 rings (SSSR count). The molecule has 0 fully saturated rings. The van der Waals surface area contributed by atoms with Crippen LogP contribution in [0.3, 0.4) is 0 Å². The summed E-state index contributed by atoms with van der Waals surface area (Å²) in [5.74, 6) is 2.78. The average Bonchev–Trinajstić information content (AvgIpc) is 3.83. The maximum Gasteiger partial charge on any atom is 0.137 e. The van der Waals surface area contributed by atoms with Crippen LogP contribution in [0.2, 0.25) is 0 Å². The lowest BCUT2D eigenvalue weighted by Gasteiger charge is -2.33. The van der Waals surface area contributed by atoms with E-state index in [9.17, 15) is 0 Å². The molecule has 0 saturated carbocycles. The first-order valence-electron chi connectivity index (χ1n) is 25.1. The molecule has 3 heterocycles. The second-order valence-corrected chi connectivity index (χ2v) is 24.6. The molecule has 5 heteroatoms. The zero-order chi connectivity index (χ0) is 49.6. The van der Waals surface area contributed by atoms with Crippen molar-refractivity contribution in [1.82, 2.24) is 9.55 Å². The van der Waals surface area contributed by atoms with E-state index in [1.807, 2.05) is 6.20 Å². The van der Waals surface area contributed by atoms with Crippen molar-refractivity contribution in [1.29, 1.82) is 0 Å². The molecule has 5 nitrogen and oxygen atoms in total. The van der Waals surface area contributed by atoms with Crippen molar-refractivity contribution in [3.63, 3.8) is 0 Å². The highest BCUT2D eigenvalue weighted by Crippen LogP contribution is 2.51. The highest BCUT2D eigenvalue weighted by molar-refractivity contribution is 6.09. The highest BCUT2D eigenvalue weighted by atomic mass is 16.5. The summed E-state index contributed by atoms with van der Waals surface area (Å²) in [5, 5.41) is 2.36. The van der Waals surface area contributed by atoms with Crippen LogP contribution in [-0.2, 0) is 27.1 Å². The number of pyridine rings is 1. The zero-order valence-corrected chi connectivity index (χ0v) is 44.3. The number of hydrogen-bond acceptors (Lipinski definition) is 4. The largest absolute Gasteiger partial charge is 0.457 e. The van der Waals surface area contributed by atoms with Gasteiger partial charge in [-0.05, 0) is 133 Å². The van der Waals surface area contributed by atoms with Crippen molar-refractivity contribution in [3.8, 4) is 17.3 Å². The Balaban J connectivity index is 1.20. The van der Waals surface area contributed by atoms with Crippen LogP contribution < -0.4 is 14.5 Å². The first-order chi connectivity index (χ1) is 32.3. The maximum atomic E-state index is 7.06. The summed E-state index contributed by atoms with van der Waals surface area (Å²) in [6.45, 7) is 37.8. The second-order valence-electron chi connectivity index (χ2n) is 24.6. The monoisotopic (exact) mass is 915 g/mol. The number of hydrogen-bond donors (Lipinski definition) is 0. The summed E-state index contributed by atoms with van der Waals surface area (Å²) >= 11 is 0. The molecule has 8 aromatic rings. The Morgan fingerprint density at radius 3 is 1.65 bits per heavy atom. The van der Waals surface area contributed by atoms with Crippen molar-refractivity contribution in [3.05, 3.63) is 179 Å². The predicted octanol–water partition coefficient (Wildman–Crippen LogP) is 17.9. The normalized spacial score (nSPS) is 13.8. The van der Waals surface area contributed by atoms with Crippen LogP contribution in [-0.4, -0.2) is 16.2 Å². The molecule has 0 amide bonds. The number of nitrogens with zero attached hydrogens (tertiary/aromatic N) is 4. The van der Waals surface area contributed by atoms with Gasteiger partial charge in [-0.2, -0.15) is 0 Å². The molecule has 0 N–H and O–H groups in total. The third kappa shape index (κ3) is 9.06. The van der Waals surface area contributed by atoms with Gasteiger partial charge in [-0.1, -0.05) is 165 Å². The smallest absolute Gasteiger partial charge is 0.137 e. The topological polar surface area (TPSA) is 33.5 Å². The molecule has 0 aliphatic carbocycles. The number of ether oxygens (including phenoxy) is 1. The van der Waals surface area contributed by atoms with Crippen molar-refractivity contribution in [2.45, 2.75) is 144 Å². The quantitative estimate of drug-likeness (QED) is 0.152. The van der Waals surface area contributed by atoms with Gasteiger partial charge in [-0.3, -0.25) is 4.57 Å². The van der Waals surface area contributed by atoms with Crippen LogP contribution in [0.5, 0.6) is 11.5 Å². The lowest BCUT2D eigenvalue weighted by Crippen LogP contribution is -2.26. The first-order valence-corrected chi connectivity index (χ1v) is 25.1. The van der Waals surface area contributed by atoms with Crippen LogP contribution in [0.1, 0.15) is 156 Å². The Labute approximate surface area is 413 Å². The van der Waals surface area contributed by atoms with Gasteiger partial charge in [0.1, 0.15) is 24.0 Å². The van der Waals surface area contributed by atoms with Crippen LogP contribution in [0.4, 0.5) is 22.7 Å². The number of anilines is 4. The molecule has 0 unspecified atom stereocenters. The lowest BCUT2D eigenvalue weighted by molar-refractivity contribution is 0.482. The molecule has 356 valence electrons. The summed E-state index contributed by atoms with van der Waals surface area (Å²) in [4.78, 5) is 10.0. The third-order valence-corrected chi connectivity index (χ3v) is 14.5. The highest BCUT2D eigenvalue weighted by Gasteiger charge is 2.36. The molecular weight excluding hydrogens is 841 g/mol. The summed E-state index contributed by atoms with van der Waals surface area (Å²) in [5.41, 5.74) is 15.7. The van der Waals surface area contributed by atoms with E-state index in [2.05, 4.69) is 259 Å². The number of fused-ring (bicyclic) bond motifs is 4. The van der Waals surface area contributed by atoms with Crippen LogP contribution >= 0.6 is 0 Å². The fraction of sp³-hybridized carbons (Fsp3) is 0.359. The van der Waals surface area contributed by atoms with Crippen molar-refractivity contribution >= 4 is 44.6 Å². The third-order valence-electron chi connectivity index (χ3n) is 14.5. The fourth-order valence-corrected chi connectivity index (χ4v) is 10.1. The zero-order valence-electron chi connectivity index (χ0n) is 44.3. The number of aromatic nitrogens is 2. The summed E-state index contributed by atoms with van der Waals surface area (Å²) < 4.78 is 9.35. The second kappa shape index (κ2) is 17.0. The Bertz CT molecular complexity index is 3210. The van der Waals surface area contributed by atoms with E-state index in [1.165, 1.54) is 66.8 Å². The minimum Gasteiger partial charge on any atom is -0.457 e. The Morgan fingerprint density at radius 2 is 1.04 bits per heavy atom. The van der Waals surface area contributed by atoms with Gasteiger partial charge in [-0.25, -0.2) is 4.98 Å². The van der Waals surface area contributed by atoms with E-state index in [4.69, 9.17) is 9.72 Å². The number of benzene rings is 6. The van der Waals surface area contributed by atoms with Gasteiger partial charge in [0.2, 0.25) is 0 Å². The van der Waals surface area contributed by atoms with Gasteiger partial charge in [0.15, 0.2) is 0 Å². The van der Waals surface area contributed by atoms with Gasteiger partial charge in [0.25, 0.3) is 0 Å². The predicted molar refractivity (Wildman–Crippen MR) is 295 cm³/mol. The van der Waals surface area contributed by atoms with Crippen molar-refractivity contribution < 1.29 is 4.74 Å². The van der Waals surface area contributed by atoms with Gasteiger partial charge in [-0.15, -0.1) is 0 Å². The minimum absolute atomic E-state index is 0.0153. The van der Waals surface area contributed by atoms with Gasteiger partial charge >= 0.3 is 0 Å². The number of rotatable bonds is 8. The molecule has 0 saturated heterocycles. The number of para-hydroxylation sites is 1. The fourth-order valence-electron chi connectivity index (χ4n) is 10.1. The molecule has 69 heavy (non-hydrogen) atoms. The minimum atomic E-state index is -0.214. The summed E-state index contributed by atoms with van der Waals surface area (Å²) in [6.07, 6.45) is 1.94. The Kier molecular flexibility index (Phi) is 11.7. The average molecular weight is 915 g/mol. The molecule has 6 aromatic carbocycles. The maximum absolute atomic E-state index is 7.06. The molecule has 1 aliphatic heterocycles. The lowest BCUT2D eigenvalue weighted by atomic mass is 9.74. The molecule has 0 atom stereocenters. The van der Waals surface area contributed by atoms with Gasteiger partial charge < -0.3 is 14.5 Å². The van der Waals surface area contributed by atoms with E-state index < -0.39 is 0 Å². The van der Waals surface area contributed by atoms with Gasteiger partial charge in [0.05, 0.1) is 22.4 Å². The van der Waals surface area contributed by atoms with Gasteiger partial charge in [0, 0.05) is 45.9 Å². The molecule has 0 bridgehead atoms. The van der Waals surface area contributed by atoms with E-state index >= 15 is 0 Å².